The standard InChI is InChI=1S/C12H17NO2/c1-3-9-4-5-12(15-2)10(8-9)11(14)6-7-13/h4-5,8H,3,6-7,13H2,1-2H3. The lowest BCUT2D eigenvalue weighted by molar-refractivity contribution is 0.0982. The lowest BCUT2D eigenvalue weighted by Gasteiger charge is -2.08. The van der Waals surface area contributed by atoms with Gasteiger partial charge >= 0.3 is 0 Å². The molecule has 0 saturated carbocycles. The molecule has 0 spiro atoms. The van der Waals surface area contributed by atoms with Crippen molar-refractivity contribution in [1.82, 2.24) is 0 Å². The zero-order valence-electron chi connectivity index (χ0n) is 9.25. The molecule has 3 heteroatoms. The van der Waals surface area contributed by atoms with Gasteiger partial charge in [0.2, 0.25) is 0 Å². The number of aryl methyl sites for hydroxylation is 1. The van der Waals surface area contributed by atoms with E-state index in [1.165, 1.54) is 0 Å². The van der Waals surface area contributed by atoms with Crippen LogP contribution in [0.25, 0.3) is 0 Å². The first-order valence-electron chi connectivity index (χ1n) is 5.13. The average Bonchev–Trinajstić information content (AvgIpc) is 2.28. The summed E-state index contributed by atoms with van der Waals surface area (Å²) in [5, 5.41) is 0. The summed E-state index contributed by atoms with van der Waals surface area (Å²) in [6.07, 6.45) is 1.27. The molecule has 2 N–H and O–H groups in total. The maximum atomic E-state index is 11.7. The fourth-order valence-corrected chi connectivity index (χ4v) is 1.46. The smallest absolute Gasteiger partial charge is 0.167 e. The maximum Gasteiger partial charge on any atom is 0.167 e. The molecular formula is C12H17NO2. The molecule has 1 rings (SSSR count). The third-order valence-corrected chi connectivity index (χ3v) is 2.34. The van der Waals surface area contributed by atoms with Gasteiger partial charge in [-0.15, -0.1) is 0 Å². The van der Waals surface area contributed by atoms with E-state index in [1.807, 2.05) is 18.2 Å². The molecule has 1 aromatic rings. The lowest BCUT2D eigenvalue weighted by atomic mass is 10.0. The molecule has 15 heavy (non-hydrogen) atoms. The predicted molar refractivity (Wildman–Crippen MR) is 60.4 cm³/mol. The number of ketones is 1. The van der Waals surface area contributed by atoms with E-state index in [-0.39, 0.29) is 5.78 Å². The highest BCUT2D eigenvalue weighted by Crippen LogP contribution is 2.21. The highest BCUT2D eigenvalue weighted by Gasteiger charge is 2.11. The van der Waals surface area contributed by atoms with E-state index < -0.39 is 0 Å². The van der Waals surface area contributed by atoms with Gasteiger partial charge in [-0.3, -0.25) is 4.79 Å². The largest absolute Gasteiger partial charge is 0.496 e. The zero-order valence-corrected chi connectivity index (χ0v) is 9.25. The quantitative estimate of drug-likeness (QED) is 0.749. The van der Waals surface area contributed by atoms with Crippen LogP contribution in [-0.4, -0.2) is 19.4 Å². The number of methoxy groups -OCH3 is 1. The monoisotopic (exact) mass is 207 g/mol. The average molecular weight is 207 g/mol. The van der Waals surface area contributed by atoms with Crippen LogP contribution < -0.4 is 10.5 Å². The molecule has 0 amide bonds. The minimum Gasteiger partial charge on any atom is -0.496 e. The van der Waals surface area contributed by atoms with Crippen molar-refractivity contribution in [2.75, 3.05) is 13.7 Å². The molecule has 0 aromatic heterocycles. The lowest BCUT2D eigenvalue weighted by Crippen LogP contribution is -2.09. The van der Waals surface area contributed by atoms with E-state index in [0.717, 1.165) is 12.0 Å². The zero-order chi connectivity index (χ0) is 11.3. The summed E-state index contributed by atoms with van der Waals surface area (Å²) >= 11 is 0. The van der Waals surface area contributed by atoms with Crippen LogP contribution in [-0.2, 0) is 6.42 Å². The molecule has 0 fully saturated rings. The third kappa shape index (κ3) is 2.80. The molecule has 0 aliphatic carbocycles. The molecule has 0 aliphatic rings. The summed E-state index contributed by atoms with van der Waals surface area (Å²) in [6, 6.07) is 5.69. The summed E-state index contributed by atoms with van der Waals surface area (Å²) in [7, 11) is 1.57. The SMILES string of the molecule is CCc1ccc(OC)c(C(=O)CCN)c1. The number of nitrogens with two attached hydrogens (primary N) is 1. The molecule has 0 radical (unpaired) electrons. The molecule has 82 valence electrons. The first-order chi connectivity index (χ1) is 7.22. The number of carbonyl (C=O) groups excluding carboxylic acids is 1. The van der Waals surface area contributed by atoms with Crippen molar-refractivity contribution in [2.24, 2.45) is 5.73 Å². The van der Waals surface area contributed by atoms with Gasteiger partial charge < -0.3 is 10.5 Å². The van der Waals surface area contributed by atoms with Gasteiger partial charge in [0.15, 0.2) is 5.78 Å². The van der Waals surface area contributed by atoms with Crippen LogP contribution in [0, 0.1) is 0 Å². The number of rotatable bonds is 5. The van der Waals surface area contributed by atoms with Crippen LogP contribution in [0.15, 0.2) is 18.2 Å². The first-order valence-corrected chi connectivity index (χ1v) is 5.13. The summed E-state index contributed by atoms with van der Waals surface area (Å²) in [6.45, 7) is 2.43. The van der Waals surface area contributed by atoms with Crippen molar-refractivity contribution >= 4 is 5.78 Å². The Morgan fingerprint density at radius 2 is 2.20 bits per heavy atom. The van der Waals surface area contributed by atoms with Gasteiger partial charge in [-0.05, 0) is 30.7 Å². The molecule has 3 nitrogen and oxygen atoms in total. The predicted octanol–water partition coefficient (Wildman–Crippen LogP) is 1.79. The van der Waals surface area contributed by atoms with Gasteiger partial charge in [0.1, 0.15) is 5.75 Å². The second-order valence-electron chi connectivity index (χ2n) is 3.35. The summed E-state index contributed by atoms with van der Waals surface area (Å²) in [4.78, 5) is 11.7. The van der Waals surface area contributed by atoms with E-state index in [0.29, 0.717) is 24.3 Å². The Hall–Kier alpha value is -1.35. The van der Waals surface area contributed by atoms with Crippen molar-refractivity contribution in [3.63, 3.8) is 0 Å². The minimum atomic E-state index is 0.0460. The number of Topliss-reactive ketones (excluding diaryl/α,β-unsaturated/α-hetero) is 1. The number of carbonyl (C=O) groups is 1. The summed E-state index contributed by atoms with van der Waals surface area (Å²) < 4.78 is 5.15. The molecule has 0 bridgehead atoms. The van der Waals surface area contributed by atoms with Gasteiger partial charge in [-0.2, -0.15) is 0 Å². The van der Waals surface area contributed by atoms with Crippen LogP contribution in [0.2, 0.25) is 0 Å². The van der Waals surface area contributed by atoms with Crippen molar-refractivity contribution in [3.05, 3.63) is 29.3 Å². The molecule has 0 unspecified atom stereocenters. The van der Waals surface area contributed by atoms with Crippen molar-refractivity contribution in [1.29, 1.82) is 0 Å². The second kappa shape index (κ2) is 5.51. The van der Waals surface area contributed by atoms with E-state index in [4.69, 9.17) is 10.5 Å². The highest BCUT2D eigenvalue weighted by molar-refractivity contribution is 5.98. The Bertz CT molecular complexity index is 347. The topological polar surface area (TPSA) is 52.3 Å². The second-order valence-corrected chi connectivity index (χ2v) is 3.35. The number of benzene rings is 1. The highest BCUT2D eigenvalue weighted by atomic mass is 16.5. The van der Waals surface area contributed by atoms with Crippen LogP contribution in [0.4, 0.5) is 0 Å². The van der Waals surface area contributed by atoms with E-state index in [1.54, 1.807) is 7.11 Å². The van der Waals surface area contributed by atoms with E-state index >= 15 is 0 Å². The van der Waals surface area contributed by atoms with E-state index in [2.05, 4.69) is 6.92 Å². The normalized spacial score (nSPS) is 10.1. The van der Waals surface area contributed by atoms with Crippen LogP contribution in [0.3, 0.4) is 0 Å². The minimum absolute atomic E-state index is 0.0460. The van der Waals surface area contributed by atoms with E-state index in [9.17, 15) is 4.79 Å². The number of ether oxygens (including phenoxy) is 1. The number of hydrogen-bond acceptors (Lipinski definition) is 3. The van der Waals surface area contributed by atoms with Gasteiger partial charge in [0.05, 0.1) is 12.7 Å². The van der Waals surface area contributed by atoms with Crippen molar-refractivity contribution in [3.8, 4) is 5.75 Å². The molecular weight excluding hydrogens is 190 g/mol. The van der Waals surface area contributed by atoms with Gasteiger partial charge in [-0.1, -0.05) is 13.0 Å². The fourth-order valence-electron chi connectivity index (χ4n) is 1.46. The fraction of sp³-hybridized carbons (Fsp3) is 0.417. The molecule has 0 atom stereocenters. The summed E-state index contributed by atoms with van der Waals surface area (Å²) in [5.41, 5.74) is 7.14. The van der Waals surface area contributed by atoms with Gasteiger partial charge in [0.25, 0.3) is 0 Å². The molecule has 1 aromatic carbocycles. The Labute approximate surface area is 90.2 Å². The van der Waals surface area contributed by atoms with Gasteiger partial charge in [0, 0.05) is 6.42 Å². The molecule has 0 heterocycles. The Morgan fingerprint density at radius 3 is 2.73 bits per heavy atom. The maximum absolute atomic E-state index is 11.7. The Morgan fingerprint density at radius 1 is 1.47 bits per heavy atom. The first kappa shape index (κ1) is 11.7. The Balaban J connectivity index is 3.05. The third-order valence-electron chi connectivity index (χ3n) is 2.34. The molecule has 0 saturated heterocycles. The van der Waals surface area contributed by atoms with Crippen LogP contribution in [0.5, 0.6) is 5.75 Å². The van der Waals surface area contributed by atoms with Crippen LogP contribution in [0.1, 0.15) is 29.3 Å². The summed E-state index contributed by atoms with van der Waals surface area (Å²) in [5.74, 6) is 0.676. The Kier molecular flexibility index (Phi) is 4.31. The molecule has 0 aliphatic heterocycles. The van der Waals surface area contributed by atoms with Gasteiger partial charge in [-0.25, -0.2) is 0 Å². The van der Waals surface area contributed by atoms with Crippen LogP contribution >= 0.6 is 0 Å². The van der Waals surface area contributed by atoms with Crippen molar-refractivity contribution < 1.29 is 9.53 Å². The van der Waals surface area contributed by atoms with Crippen molar-refractivity contribution in [2.45, 2.75) is 19.8 Å². The number of hydrogen-bond donors (Lipinski definition) is 1.